The maximum absolute atomic E-state index is 13.2. The molecule has 1 aromatic carbocycles. The molecule has 2 fully saturated rings. The first-order valence-corrected chi connectivity index (χ1v) is 9.48. The molecule has 2 aliphatic rings. The fraction of sp³-hybridized carbons (Fsp3) is 0.600. The van der Waals surface area contributed by atoms with Crippen LogP contribution in [-0.2, 0) is 4.79 Å². The van der Waals surface area contributed by atoms with E-state index in [2.05, 4.69) is 5.32 Å². The molecule has 1 saturated heterocycles. The first-order chi connectivity index (χ1) is 12.7. The van der Waals surface area contributed by atoms with Gasteiger partial charge in [0, 0.05) is 12.6 Å². The van der Waals surface area contributed by atoms with E-state index in [1.165, 1.54) is 20.6 Å². The van der Waals surface area contributed by atoms with Crippen LogP contribution < -0.4 is 14.8 Å². The Morgan fingerprint density at radius 1 is 1.00 bits per heavy atom. The number of nitrogens with one attached hydrogen (secondary N) is 1. The first-order valence-electron chi connectivity index (χ1n) is 9.48. The minimum atomic E-state index is -0.418. The Morgan fingerprint density at radius 3 is 2.27 bits per heavy atom. The van der Waals surface area contributed by atoms with Gasteiger partial charge in [0.25, 0.3) is 5.91 Å². The largest absolute Gasteiger partial charge is 0.496 e. The van der Waals surface area contributed by atoms with Crippen molar-refractivity contribution in [1.82, 2.24) is 10.2 Å². The van der Waals surface area contributed by atoms with E-state index < -0.39 is 6.04 Å². The first kappa shape index (κ1) is 18.5. The molecule has 3 rings (SSSR count). The second-order valence-electron chi connectivity index (χ2n) is 7.04. The van der Waals surface area contributed by atoms with Crippen LogP contribution >= 0.6 is 0 Å². The average Bonchev–Trinajstić information content (AvgIpc) is 3.17. The second kappa shape index (κ2) is 8.43. The minimum Gasteiger partial charge on any atom is -0.496 e. The van der Waals surface area contributed by atoms with E-state index in [4.69, 9.17) is 9.47 Å². The Hall–Kier alpha value is -2.24. The molecule has 1 N–H and O–H groups in total. The Balaban J connectivity index is 1.77. The maximum atomic E-state index is 13.2. The van der Waals surface area contributed by atoms with Crippen LogP contribution in [0.1, 0.15) is 55.3 Å². The van der Waals surface area contributed by atoms with Gasteiger partial charge in [0.15, 0.2) is 0 Å². The van der Waals surface area contributed by atoms with Crippen molar-refractivity contribution in [3.63, 3.8) is 0 Å². The summed E-state index contributed by atoms with van der Waals surface area (Å²) in [4.78, 5) is 27.7. The van der Waals surface area contributed by atoms with E-state index in [1.807, 2.05) is 0 Å². The third-order valence-corrected chi connectivity index (χ3v) is 5.41. The van der Waals surface area contributed by atoms with Gasteiger partial charge in [0.1, 0.15) is 23.1 Å². The molecule has 1 aromatic rings. The van der Waals surface area contributed by atoms with Gasteiger partial charge in [-0.05, 0) is 37.8 Å². The topological polar surface area (TPSA) is 67.9 Å². The predicted molar refractivity (Wildman–Crippen MR) is 98.6 cm³/mol. The van der Waals surface area contributed by atoms with E-state index in [1.54, 1.807) is 23.1 Å². The summed E-state index contributed by atoms with van der Waals surface area (Å²) in [7, 11) is 3.06. The fourth-order valence-corrected chi connectivity index (χ4v) is 4.03. The zero-order valence-corrected chi connectivity index (χ0v) is 15.6. The summed E-state index contributed by atoms with van der Waals surface area (Å²) >= 11 is 0. The van der Waals surface area contributed by atoms with Crippen LogP contribution in [0.3, 0.4) is 0 Å². The van der Waals surface area contributed by atoms with E-state index >= 15 is 0 Å². The highest BCUT2D eigenvalue weighted by atomic mass is 16.5. The molecule has 1 aliphatic carbocycles. The Kier molecular flexibility index (Phi) is 6.01. The molecule has 1 atom stereocenters. The van der Waals surface area contributed by atoms with Gasteiger partial charge in [-0.1, -0.05) is 25.3 Å². The van der Waals surface area contributed by atoms with Crippen LogP contribution in [0.5, 0.6) is 11.5 Å². The molecule has 1 aliphatic heterocycles. The number of amides is 2. The molecule has 1 heterocycles. The highest BCUT2D eigenvalue weighted by Gasteiger charge is 2.37. The van der Waals surface area contributed by atoms with E-state index in [0.29, 0.717) is 30.0 Å². The molecule has 0 bridgehead atoms. The van der Waals surface area contributed by atoms with E-state index in [9.17, 15) is 9.59 Å². The molecule has 6 nitrogen and oxygen atoms in total. The number of hydrogen-bond acceptors (Lipinski definition) is 4. The van der Waals surface area contributed by atoms with Crippen molar-refractivity contribution in [3.05, 3.63) is 23.8 Å². The molecule has 0 aromatic heterocycles. The van der Waals surface area contributed by atoms with Gasteiger partial charge in [-0.25, -0.2) is 0 Å². The summed E-state index contributed by atoms with van der Waals surface area (Å²) in [6, 6.07) is 5.09. The lowest BCUT2D eigenvalue weighted by Gasteiger charge is -2.29. The predicted octanol–water partition coefficient (Wildman–Crippen LogP) is 2.76. The van der Waals surface area contributed by atoms with Crippen molar-refractivity contribution in [1.29, 1.82) is 0 Å². The van der Waals surface area contributed by atoms with Crippen LogP contribution in [0.25, 0.3) is 0 Å². The number of benzene rings is 1. The number of likely N-dealkylation sites (tertiary alicyclic amines) is 1. The quantitative estimate of drug-likeness (QED) is 0.877. The Labute approximate surface area is 154 Å². The molecule has 6 heteroatoms. The zero-order valence-electron chi connectivity index (χ0n) is 15.6. The lowest BCUT2D eigenvalue weighted by molar-refractivity contribution is -0.125. The molecular weight excluding hydrogens is 332 g/mol. The van der Waals surface area contributed by atoms with Gasteiger partial charge in [0.2, 0.25) is 5.91 Å². The fourth-order valence-electron chi connectivity index (χ4n) is 4.03. The van der Waals surface area contributed by atoms with Gasteiger partial charge in [-0.15, -0.1) is 0 Å². The number of nitrogens with zero attached hydrogens (tertiary/aromatic N) is 1. The molecule has 0 radical (unpaired) electrons. The minimum absolute atomic E-state index is 0.0309. The molecule has 1 saturated carbocycles. The van der Waals surface area contributed by atoms with Crippen molar-refractivity contribution in [2.45, 2.75) is 57.0 Å². The standard InChI is InChI=1S/C20H28N2O4/c1-25-16-11-6-12-17(26-2)18(16)20(24)22-13-7-10-15(22)19(23)21-14-8-4-3-5-9-14/h6,11-12,14-15H,3-5,7-10,13H2,1-2H3,(H,21,23)/t15-/m0/s1. The molecule has 26 heavy (non-hydrogen) atoms. The third-order valence-electron chi connectivity index (χ3n) is 5.41. The van der Waals surface area contributed by atoms with Gasteiger partial charge in [0.05, 0.1) is 14.2 Å². The molecule has 142 valence electrons. The average molecular weight is 360 g/mol. The summed E-state index contributed by atoms with van der Waals surface area (Å²) in [6.45, 7) is 0.572. The summed E-state index contributed by atoms with van der Waals surface area (Å²) < 4.78 is 10.7. The highest BCUT2D eigenvalue weighted by molar-refractivity contribution is 6.02. The summed E-state index contributed by atoms with van der Waals surface area (Å²) in [6.07, 6.45) is 7.16. The Bertz CT molecular complexity index is 633. The molecule has 0 spiro atoms. The van der Waals surface area contributed by atoms with Crippen LogP contribution in [-0.4, -0.2) is 49.6 Å². The van der Waals surface area contributed by atoms with Crippen molar-refractivity contribution in [2.75, 3.05) is 20.8 Å². The van der Waals surface area contributed by atoms with Crippen LogP contribution in [0, 0.1) is 0 Å². The number of methoxy groups -OCH3 is 2. The lowest BCUT2D eigenvalue weighted by Crippen LogP contribution is -2.49. The number of rotatable bonds is 5. The summed E-state index contributed by atoms with van der Waals surface area (Å²) in [5, 5.41) is 3.16. The molecular formula is C20H28N2O4. The zero-order chi connectivity index (χ0) is 18.5. The number of carbonyl (C=O) groups is 2. The SMILES string of the molecule is COc1cccc(OC)c1C(=O)N1CCC[C@H]1C(=O)NC1CCCCC1. The lowest BCUT2D eigenvalue weighted by atomic mass is 9.95. The Morgan fingerprint density at radius 2 is 1.65 bits per heavy atom. The monoisotopic (exact) mass is 360 g/mol. The molecule has 2 amide bonds. The van der Waals surface area contributed by atoms with Crippen molar-refractivity contribution in [3.8, 4) is 11.5 Å². The van der Waals surface area contributed by atoms with Crippen LogP contribution in [0.15, 0.2) is 18.2 Å². The maximum Gasteiger partial charge on any atom is 0.262 e. The number of hydrogen-bond donors (Lipinski definition) is 1. The van der Waals surface area contributed by atoms with Gasteiger partial charge in [-0.3, -0.25) is 9.59 Å². The summed E-state index contributed by atoms with van der Waals surface area (Å²) in [5.41, 5.74) is 0.384. The second-order valence-corrected chi connectivity index (χ2v) is 7.04. The summed E-state index contributed by atoms with van der Waals surface area (Å²) in [5.74, 6) is 0.692. The van der Waals surface area contributed by atoms with E-state index in [0.717, 1.165) is 32.1 Å². The number of carbonyl (C=O) groups excluding carboxylic acids is 2. The van der Waals surface area contributed by atoms with Crippen molar-refractivity contribution < 1.29 is 19.1 Å². The molecule has 0 unspecified atom stereocenters. The van der Waals surface area contributed by atoms with Crippen LogP contribution in [0.2, 0.25) is 0 Å². The number of ether oxygens (including phenoxy) is 2. The smallest absolute Gasteiger partial charge is 0.262 e. The van der Waals surface area contributed by atoms with Crippen molar-refractivity contribution >= 4 is 11.8 Å². The van der Waals surface area contributed by atoms with Gasteiger partial charge in [-0.2, -0.15) is 0 Å². The van der Waals surface area contributed by atoms with E-state index in [-0.39, 0.29) is 17.9 Å². The van der Waals surface area contributed by atoms with Gasteiger partial charge < -0.3 is 19.7 Å². The van der Waals surface area contributed by atoms with Gasteiger partial charge >= 0.3 is 0 Å². The highest BCUT2D eigenvalue weighted by Crippen LogP contribution is 2.32. The normalized spacial score (nSPS) is 20.7. The van der Waals surface area contributed by atoms with Crippen molar-refractivity contribution in [2.24, 2.45) is 0 Å². The van der Waals surface area contributed by atoms with Crippen LogP contribution in [0.4, 0.5) is 0 Å². The third kappa shape index (κ3) is 3.79.